The molecule has 1 N–H and O–H groups in total. The number of hydrogen-bond acceptors (Lipinski definition) is 4. The van der Waals surface area contributed by atoms with Gasteiger partial charge in [-0.2, -0.15) is 5.10 Å². The van der Waals surface area contributed by atoms with Gasteiger partial charge in [-0.25, -0.2) is 4.68 Å². The van der Waals surface area contributed by atoms with E-state index in [0.29, 0.717) is 23.1 Å². The van der Waals surface area contributed by atoms with Crippen molar-refractivity contribution in [2.75, 3.05) is 23.7 Å². The van der Waals surface area contributed by atoms with Gasteiger partial charge in [0.1, 0.15) is 12.4 Å². The van der Waals surface area contributed by atoms with E-state index in [4.69, 9.17) is 16.7 Å². The lowest BCUT2D eigenvalue weighted by atomic mass is 9.97. The Kier molecular flexibility index (Phi) is 7.86. The van der Waals surface area contributed by atoms with E-state index in [0.717, 1.165) is 34.4 Å². The fourth-order valence-corrected chi connectivity index (χ4v) is 6.22. The number of nitrogens with one attached hydrogen (secondary N) is 1. The lowest BCUT2D eigenvalue weighted by Crippen LogP contribution is -2.42. The van der Waals surface area contributed by atoms with E-state index in [-0.39, 0.29) is 29.4 Å². The second kappa shape index (κ2) is 11.5. The van der Waals surface area contributed by atoms with E-state index in [1.54, 1.807) is 27.4 Å². The molecule has 0 aliphatic carbocycles. The second-order valence-corrected chi connectivity index (χ2v) is 10.7. The van der Waals surface area contributed by atoms with Crippen LogP contribution in [0.2, 0.25) is 5.02 Å². The van der Waals surface area contributed by atoms with E-state index < -0.39 is 0 Å². The topological polar surface area (TPSA) is 67.2 Å². The lowest BCUT2D eigenvalue weighted by molar-refractivity contribution is -0.122. The van der Waals surface area contributed by atoms with Crippen molar-refractivity contribution in [2.24, 2.45) is 0 Å². The molecule has 3 aromatic carbocycles. The maximum absolute atomic E-state index is 13.7. The number of aryl methyl sites for hydroxylation is 1. The quantitative estimate of drug-likeness (QED) is 0.301. The zero-order chi connectivity index (χ0) is 26.6. The van der Waals surface area contributed by atoms with Gasteiger partial charge in [0.05, 0.1) is 27.4 Å². The van der Waals surface area contributed by atoms with Crippen LogP contribution in [0, 0.1) is 6.92 Å². The second-order valence-electron chi connectivity index (χ2n) is 9.19. The Balaban J connectivity index is 1.81. The molecule has 6 nitrogen and oxygen atoms in total. The summed E-state index contributed by atoms with van der Waals surface area (Å²) in [5, 5.41) is 8.33. The van der Waals surface area contributed by atoms with Gasteiger partial charge in [-0.15, -0.1) is 11.8 Å². The third-order valence-electron chi connectivity index (χ3n) is 6.56. The van der Waals surface area contributed by atoms with Crippen LogP contribution >= 0.6 is 23.4 Å². The number of amides is 2. The molecule has 2 heterocycles. The fraction of sp³-hybridized carbons (Fsp3) is 0.233. The lowest BCUT2D eigenvalue weighted by Gasteiger charge is -2.23. The molecule has 0 unspecified atom stereocenters. The van der Waals surface area contributed by atoms with Crippen LogP contribution in [0.15, 0.2) is 78.9 Å². The average Bonchev–Trinajstić information content (AvgIpc) is 3.25. The van der Waals surface area contributed by atoms with Crippen LogP contribution in [0.5, 0.6) is 0 Å². The first-order valence-corrected chi connectivity index (χ1v) is 14.1. The van der Waals surface area contributed by atoms with Crippen molar-refractivity contribution in [2.45, 2.75) is 25.5 Å². The summed E-state index contributed by atoms with van der Waals surface area (Å²) in [4.78, 5) is 28.3. The van der Waals surface area contributed by atoms with Crippen LogP contribution in [-0.4, -0.2) is 40.4 Å². The normalized spacial score (nSPS) is 15.2. The van der Waals surface area contributed by atoms with E-state index in [1.165, 1.54) is 0 Å². The molecule has 4 aromatic rings. The molecule has 5 rings (SSSR count). The van der Waals surface area contributed by atoms with Crippen LogP contribution in [0.1, 0.15) is 35.3 Å². The van der Waals surface area contributed by atoms with Crippen molar-refractivity contribution < 1.29 is 9.59 Å². The molecule has 0 saturated carbocycles. The zero-order valence-corrected chi connectivity index (χ0v) is 22.9. The average molecular weight is 545 g/mol. The predicted molar refractivity (Wildman–Crippen MR) is 155 cm³/mol. The number of benzene rings is 3. The van der Waals surface area contributed by atoms with Gasteiger partial charge < -0.3 is 5.32 Å². The number of anilines is 1. The van der Waals surface area contributed by atoms with Gasteiger partial charge in [0, 0.05) is 17.7 Å². The van der Waals surface area contributed by atoms with Crippen molar-refractivity contribution in [3.05, 3.63) is 101 Å². The van der Waals surface area contributed by atoms with Gasteiger partial charge >= 0.3 is 0 Å². The molecule has 0 fully saturated rings. The molecule has 1 aliphatic heterocycles. The highest BCUT2D eigenvalue weighted by atomic mass is 35.5. The minimum absolute atomic E-state index is 0.0999. The summed E-state index contributed by atoms with van der Waals surface area (Å²) in [6, 6.07) is 25.6. The molecule has 1 aliphatic rings. The number of carbonyl (C=O) groups excluding carboxylic acids is 2. The standard InChI is InChI=1S/C30H29ClN4O2S/c1-3-17-32-25(36)18-34-26(37)19-38-29(22-14-8-7-11-20(22)2)27-28(21-12-5-4-6-13-21)33-35(30(27)34)24-16-10-9-15-23(24)31/h4-16,29H,3,17-19H2,1-2H3,(H,32,36)/t29-/m1/s1. The highest BCUT2D eigenvalue weighted by Gasteiger charge is 2.38. The van der Waals surface area contributed by atoms with Gasteiger partial charge in [0.25, 0.3) is 0 Å². The Morgan fingerprint density at radius 2 is 1.76 bits per heavy atom. The first-order valence-electron chi connectivity index (χ1n) is 12.7. The number of para-hydroxylation sites is 1. The van der Waals surface area contributed by atoms with Crippen molar-refractivity contribution >= 4 is 41.0 Å². The van der Waals surface area contributed by atoms with Crippen LogP contribution in [-0.2, 0) is 9.59 Å². The van der Waals surface area contributed by atoms with Gasteiger partial charge in [0.2, 0.25) is 11.8 Å². The van der Waals surface area contributed by atoms with E-state index in [9.17, 15) is 9.59 Å². The number of nitrogens with zero attached hydrogens (tertiary/aromatic N) is 3. The number of rotatable bonds is 7. The van der Waals surface area contributed by atoms with Crippen LogP contribution < -0.4 is 10.2 Å². The molecule has 194 valence electrons. The molecule has 0 spiro atoms. The maximum Gasteiger partial charge on any atom is 0.240 e. The van der Waals surface area contributed by atoms with Gasteiger partial charge in [0.15, 0.2) is 0 Å². The number of thioether (sulfide) groups is 1. The molecular formula is C30H29ClN4O2S. The van der Waals surface area contributed by atoms with Gasteiger partial charge in [-0.05, 0) is 36.6 Å². The third-order valence-corrected chi connectivity index (χ3v) is 8.12. The Morgan fingerprint density at radius 3 is 2.50 bits per heavy atom. The summed E-state index contributed by atoms with van der Waals surface area (Å²) in [7, 11) is 0. The molecule has 38 heavy (non-hydrogen) atoms. The predicted octanol–water partition coefficient (Wildman–Crippen LogP) is 6.20. The SMILES string of the molecule is CCCNC(=O)CN1C(=O)CS[C@H](c2ccccc2C)c2c(-c3ccccc3)nn(-c3ccccc3Cl)c21. The third kappa shape index (κ3) is 5.08. The van der Waals surface area contributed by atoms with Crippen molar-refractivity contribution in [1.82, 2.24) is 15.1 Å². The van der Waals surface area contributed by atoms with Crippen LogP contribution in [0.3, 0.4) is 0 Å². The summed E-state index contributed by atoms with van der Waals surface area (Å²) < 4.78 is 1.74. The summed E-state index contributed by atoms with van der Waals surface area (Å²) in [6.45, 7) is 4.53. The van der Waals surface area contributed by atoms with Crippen LogP contribution in [0.25, 0.3) is 16.9 Å². The largest absolute Gasteiger partial charge is 0.355 e. The summed E-state index contributed by atoms with van der Waals surface area (Å²) >= 11 is 8.25. The number of carbonyl (C=O) groups is 2. The van der Waals surface area contributed by atoms with Gasteiger partial charge in [-0.1, -0.05) is 85.3 Å². The molecule has 1 atom stereocenters. The van der Waals surface area contributed by atoms with Gasteiger partial charge in [-0.3, -0.25) is 14.5 Å². The highest BCUT2D eigenvalue weighted by Crippen LogP contribution is 2.49. The van der Waals surface area contributed by atoms with Crippen molar-refractivity contribution in [3.63, 3.8) is 0 Å². The first-order chi connectivity index (χ1) is 18.5. The van der Waals surface area contributed by atoms with Crippen molar-refractivity contribution in [3.8, 4) is 16.9 Å². The van der Waals surface area contributed by atoms with E-state index in [2.05, 4.69) is 24.4 Å². The Hall–Kier alpha value is -3.55. The number of halogens is 1. The monoisotopic (exact) mass is 544 g/mol. The molecule has 0 bridgehead atoms. The number of aromatic nitrogens is 2. The molecular weight excluding hydrogens is 516 g/mol. The highest BCUT2D eigenvalue weighted by molar-refractivity contribution is 8.00. The minimum Gasteiger partial charge on any atom is -0.355 e. The molecule has 0 saturated heterocycles. The summed E-state index contributed by atoms with van der Waals surface area (Å²) in [5.41, 5.74) is 5.47. The van der Waals surface area contributed by atoms with Crippen molar-refractivity contribution in [1.29, 1.82) is 0 Å². The number of hydrogen-bond donors (Lipinski definition) is 1. The molecule has 0 radical (unpaired) electrons. The molecule has 1 aromatic heterocycles. The summed E-state index contributed by atoms with van der Waals surface area (Å²) in [5.74, 6) is 0.447. The number of fused-ring (bicyclic) bond motifs is 1. The molecule has 2 amide bonds. The Bertz CT molecular complexity index is 1470. The first kappa shape index (κ1) is 26.1. The zero-order valence-electron chi connectivity index (χ0n) is 21.4. The Labute approximate surface area is 232 Å². The van der Waals surface area contributed by atoms with E-state index >= 15 is 0 Å². The smallest absolute Gasteiger partial charge is 0.240 e. The summed E-state index contributed by atoms with van der Waals surface area (Å²) in [6.07, 6.45) is 0.811. The maximum atomic E-state index is 13.7. The Morgan fingerprint density at radius 1 is 1.05 bits per heavy atom. The minimum atomic E-state index is -0.210. The molecule has 8 heteroatoms. The van der Waals surface area contributed by atoms with E-state index in [1.807, 2.05) is 67.6 Å². The van der Waals surface area contributed by atoms with Crippen LogP contribution in [0.4, 0.5) is 5.82 Å². The fourth-order valence-electron chi connectivity index (χ4n) is 4.71.